The molecule has 0 radical (unpaired) electrons. The molecule has 0 fully saturated rings. The first-order valence-electron chi connectivity index (χ1n) is 4.40. The highest BCUT2D eigenvalue weighted by molar-refractivity contribution is 9.10. The Morgan fingerprint density at radius 3 is 2.85 bits per heavy atom. The van der Waals surface area contributed by atoms with Crippen LogP contribution in [0.15, 0.2) is 22.7 Å². The summed E-state index contributed by atoms with van der Waals surface area (Å²) in [4.78, 5) is 1.37. The fourth-order valence-corrected chi connectivity index (χ4v) is 3.44. The van der Waals surface area contributed by atoms with Gasteiger partial charge < -0.3 is 0 Å². The Bertz CT molecular complexity index is 443. The second-order valence-electron chi connectivity index (χ2n) is 3.12. The summed E-state index contributed by atoms with van der Waals surface area (Å²) in [5, 5.41) is 1.41. The van der Waals surface area contributed by atoms with E-state index < -0.39 is 0 Å². The number of hydrogen-bond acceptors (Lipinski definition) is 1. The molecule has 0 unspecified atom stereocenters. The molecule has 0 atom stereocenters. The SMILES string of the molecule is CCc1cccc2sc(C)c(Br)c12. The van der Waals surface area contributed by atoms with Crippen LogP contribution in [0.3, 0.4) is 0 Å². The van der Waals surface area contributed by atoms with Crippen molar-refractivity contribution in [3.05, 3.63) is 33.1 Å². The van der Waals surface area contributed by atoms with Crippen LogP contribution in [0.4, 0.5) is 0 Å². The molecule has 0 spiro atoms. The van der Waals surface area contributed by atoms with Crippen LogP contribution in [-0.2, 0) is 6.42 Å². The van der Waals surface area contributed by atoms with Gasteiger partial charge in [-0.1, -0.05) is 19.1 Å². The standard InChI is InChI=1S/C11H11BrS/c1-3-8-5-4-6-9-10(8)11(12)7(2)13-9/h4-6H,3H2,1-2H3. The van der Waals surface area contributed by atoms with Crippen molar-refractivity contribution in [2.45, 2.75) is 20.3 Å². The molecular formula is C11H11BrS. The molecule has 0 saturated heterocycles. The van der Waals surface area contributed by atoms with Crippen LogP contribution in [0, 0.1) is 6.92 Å². The van der Waals surface area contributed by atoms with Crippen LogP contribution >= 0.6 is 27.3 Å². The Morgan fingerprint density at radius 2 is 2.15 bits per heavy atom. The molecule has 1 heterocycles. The van der Waals surface area contributed by atoms with E-state index in [-0.39, 0.29) is 0 Å². The molecule has 0 saturated carbocycles. The minimum absolute atomic E-state index is 1.10. The zero-order valence-corrected chi connectivity index (χ0v) is 10.1. The van der Waals surface area contributed by atoms with Crippen molar-refractivity contribution >= 4 is 37.4 Å². The Balaban J connectivity index is 2.87. The van der Waals surface area contributed by atoms with Gasteiger partial charge in [0.05, 0.1) is 0 Å². The number of rotatable bonds is 1. The maximum Gasteiger partial charge on any atom is 0.0393 e. The van der Waals surface area contributed by atoms with E-state index in [2.05, 4.69) is 48.0 Å². The number of benzene rings is 1. The summed E-state index contributed by atoms with van der Waals surface area (Å²) >= 11 is 5.51. The first-order chi connectivity index (χ1) is 6.24. The lowest BCUT2D eigenvalue weighted by Gasteiger charge is -1.99. The van der Waals surface area contributed by atoms with Gasteiger partial charge in [0.1, 0.15) is 0 Å². The second kappa shape index (κ2) is 3.43. The summed E-state index contributed by atoms with van der Waals surface area (Å²) in [6.07, 6.45) is 1.10. The van der Waals surface area contributed by atoms with E-state index in [0.29, 0.717) is 0 Å². The van der Waals surface area contributed by atoms with E-state index in [1.807, 2.05) is 11.3 Å². The molecule has 1 aromatic carbocycles. The predicted octanol–water partition coefficient (Wildman–Crippen LogP) is 4.53. The lowest BCUT2D eigenvalue weighted by atomic mass is 10.1. The third-order valence-electron chi connectivity index (χ3n) is 2.29. The van der Waals surface area contributed by atoms with Crippen LogP contribution in [0.1, 0.15) is 17.4 Å². The topological polar surface area (TPSA) is 0 Å². The lowest BCUT2D eigenvalue weighted by molar-refractivity contribution is 1.16. The van der Waals surface area contributed by atoms with Gasteiger partial charge in [-0.15, -0.1) is 11.3 Å². The maximum absolute atomic E-state index is 3.65. The van der Waals surface area contributed by atoms with Crippen molar-refractivity contribution in [1.82, 2.24) is 0 Å². The van der Waals surface area contributed by atoms with Gasteiger partial charge in [0, 0.05) is 19.4 Å². The van der Waals surface area contributed by atoms with Gasteiger partial charge in [-0.2, -0.15) is 0 Å². The Hall–Kier alpha value is -0.340. The molecule has 1 aromatic heterocycles. The molecule has 2 heteroatoms. The van der Waals surface area contributed by atoms with Gasteiger partial charge in [0.25, 0.3) is 0 Å². The first kappa shape index (κ1) is 9.22. The third kappa shape index (κ3) is 1.42. The molecule has 0 aliphatic heterocycles. The number of hydrogen-bond donors (Lipinski definition) is 0. The van der Waals surface area contributed by atoms with Gasteiger partial charge in [-0.05, 0) is 40.9 Å². The van der Waals surface area contributed by atoms with Crippen molar-refractivity contribution in [2.24, 2.45) is 0 Å². The van der Waals surface area contributed by atoms with E-state index in [1.54, 1.807) is 0 Å². The average Bonchev–Trinajstić information content (AvgIpc) is 2.43. The molecule has 0 aliphatic carbocycles. The van der Waals surface area contributed by atoms with Crippen molar-refractivity contribution < 1.29 is 0 Å². The lowest BCUT2D eigenvalue weighted by Crippen LogP contribution is -1.79. The van der Waals surface area contributed by atoms with Crippen molar-refractivity contribution in [1.29, 1.82) is 0 Å². The monoisotopic (exact) mass is 254 g/mol. The van der Waals surface area contributed by atoms with Crippen molar-refractivity contribution in [2.75, 3.05) is 0 Å². The normalized spacial score (nSPS) is 11.0. The Morgan fingerprint density at radius 1 is 1.38 bits per heavy atom. The third-order valence-corrected chi connectivity index (χ3v) is 4.61. The Labute approximate surface area is 90.7 Å². The number of thiophene rings is 1. The average molecular weight is 255 g/mol. The molecule has 0 bridgehead atoms. The fourth-order valence-electron chi connectivity index (χ4n) is 1.59. The molecule has 0 aliphatic rings. The van der Waals surface area contributed by atoms with E-state index in [0.717, 1.165) is 6.42 Å². The summed E-state index contributed by atoms with van der Waals surface area (Å²) in [7, 11) is 0. The van der Waals surface area contributed by atoms with E-state index in [4.69, 9.17) is 0 Å². The molecule has 0 N–H and O–H groups in total. The summed E-state index contributed by atoms with van der Waals surface area (Å²) in [6.45, 7) is 4.36. The minimum Gasteiger partial charge on any atom is -0.139 e. The zero-order chi connectivity index (χ0) is 9.42. The smallest absolute Gasteiger partial charge is 0.0393 e. The summed E-state index contributed by atoms with van der Waals surface area (Å²) < 4.78 is 2.67. The number of fused-ring (bicyclic) bond motifs is 1. The summed E-state index contributed by atoms with van der Waals surface area (Å²) in [6, 6.07) is 6.54. The summed E-state index contributed by atoms with van der Waals surface area (Å²) in [5.41, 5.74) is 1.44. The van der Waals surface area contributed by atoms with E-state index >= 15 is 0 Å². The van der Waals surface area contributed by atoms with Gasteiger partial charge >= 0.3 is 0 Å². The first-order valence-corrected chi connectivity index (χ1v) is 6.01. The van der Waals surface area contributed by atoms with Gasteiger partial charge in [0.15, 0.2) is 0 Å². The van der Waals surface area contributed by atoms with Gasteiger partial charge in [-0.3, -0.25) is 0 Å². The molecule has 2 aromatic rings. The predicted molar refractivity (Wildman–Crippen MR) is 63.6 cm³/mol. The second-order valence-corrected chi connectivity index (χ2v) is 5.17. The highest BCUT2D eigenvalue weighted by Crippen LogP contribution is 2.37. The molecule has 13 heavy (non-hydrogen) atoms. The highest BCUT2D eigenvalue weighted by Gasteiger charge is 2.08. The number of aryl methyl sites for hydroxylation is 2. The molecule has 0 nitrogen and oxygen atoms in total. The molecule has 68 valence electrons. The molecule has 2 rings (SSSR count). The van der Waals surface area contributed by atoms with Crippen molar-refractivity contribution in [3.8, 4) is 0 Å². The van der Waals surface area contributed by atoms with Crippen molar-refractivity contribution in [3.63, 3.8) is 0 Å². The maximum atomic E-state index is 3.65. The van der Waals surface area contributed by atoms with Crippen LogP contribution in [-0.4, -0.2) is 0 Å². The van der Waals surface area contributed by atoms with Crippen LogP contribution in [0.5, 0.6) is 0 Å². The highest BCUT2D eigenvalue weighted by atomic mass is 79.9. The fraction of sp³-hybridized carbons (Fsp3) is 0.273. The van der Waals surface area contributed by atoms with E-state index in [9.17, 15) is 0 Å². The van der Waals surface area contributed by atoms with Gasteiger partial charge in [0.2, 0.25) is 0 Å². The quantitative estimate of drug-likeness (QED) is 0.702. The largest absolute Gasteiger partial charge is 0.139 e. The summed E-state index contributed by atoms with van der Waals surface area (Å²) in [5.74, 6) is 0. The zero-order valence-electron chi connectivity index (χ0n) is 7.73. The Kier molecular flexibility index (Phi) is 2.43. The van der Waals surface area contributed by atoms with Crippen LogP contribution in [0.25, 0.3) is 10.1 Å². The van der Waals surface area contributed by atoms with Gasteiger partial charge in [-0.25, -0.2) is 0 Å². The number of halogens is 1. The molecule has 0 amide bonds. The van der Waals surface area contributed by atoms with Crippen LogP contribution < -0.4 is 0 Å². The van der Waals surface area contributed by atoms with Crippen LogP contribution in [0.2, 0.25) is 0 Å². The molecular weight excluding hydrogens is 244 g/mol. The van der Waals surface area contributed by atoms with E-state index in [1.165, 1.54) is 25.0 Å². The minimum atomic E-state index is 1.10.